The summed E-state index contributed by atoms with van der Waals surface area (Å²) in [6.07, 6.45) is 6.73. The van der Waals surface area contributed by atoms with Gasteiger partial charge in [-0.3, -0.25) is 9.48 Å². The summed E-state index contributed by atoms with van der Waals surface area (Å²) < 4.78 is 6.64. The van der Waals surface area contributed by atoms with Crippen LogP contribution in [0.4, 0.5) is 11.5 Å². The highest BCUT2D eigenvalue weighted by Crippen LogP contribution is 2.36. The summed E-state index contributed by atoms with van der Waals surface area (Å²) in [4.78, 5) is 19.4. The number of hydrogen-bond donors (Lipinski definition) is 2. The zero-order valence-electron chi connectivity index (χ0n) is 16.1. The summed E-state index contributed by atoms with van der Waals surface area (Å²) in [5.74, 6) is 0.872. The van der Waals surface area contributed by atoms with Crippen LogP contribution in [0.5, 0.6) is 0 Å². The van der Waals surface area contributed by atoms with Gasteiger partial charge in [0.05, 0.1) is 23.5 Å². The van der Waals surface area contributed by atoms with Gasteiger partial charge in [0.25, 0.3) is 5.56 Å². The first kappa shape index (κ1) is 18.1. The number of nitriles is 1. The van der Waals surface area contributed by atoms with Gasteiger partial charge >= 0.3 is 0 Å². The number of aromatic nitrogens is 5. The quantitative estimate of drug-likeness (QED) is 0.533. The Morgan fingerprint density at radius 2 is 2.03 bits per heavy atom. The van der Waals surface area contributed by atoms with Crippen LogP contribution in [0, 0.1) is 17.2 Å². The predicted octanol–water partition coefficient (Wildman–Crippen LogP) is 3.77. The van der Waals surface area contributed by atoms with Crippen LogP contribution in [-0.2, 0) is 0 Å². The number of H-pyrrole nitrogens is 1. The molecule has 0 unspecified atom stereocenters. The third-order valence-corrected chi connectivity index (χ3v) is 5.61. The zero-order valence-corrected chi connectivity index (χ0v) is 16.1. The molecule has 1 aliphatic carbocycles. The van der Waals surface area contributed by atoms with Crippen molar-refractivity contribution in [1.29, 1.82) is 5.26 Å². The van der Waals surface area contributed by atoms with Crippen LogP contribution in [0.3, 0.4) is 0 Å². The SMILES string of the molecule is N#C[C@H]1CCCC[C@@H]1n1nc(Nc2ccc(-c3ncon3)cc2)c2c(=O)[nH]ccc21. The zero-order chi connectivity index (χ0) is 20.5. The first-order chi connectivity index (χ1) is 14.7. The molecule has 3 heterocycles. The van der Waals surface area contributed by atoms with E-state index < -0.39 is 0 Å². The van der Waals surface area contributed by atoms with E-state index in [1.807, 2.05) is 35.0 Å². The standard InChI is InChI=1S/C21H19N7O2/c22-11-14-3-1-2-4-16(14)28-17-9-10-23-21(29)18(17)20(26-28)25-15-7-5-13(6-8-15)19-24-12-30-27-19/h5-10,12,14,16H,1-4H2,(H,23,29)(H,25,26)/t14-,16+/m1/s1. The highest BCUT2D eigenvalue weighted by Gasteiger charge is 2.29. The average Bonchev–Trinajstić information content (AvgIpc) is 3.44. The summed E-state index contributed by atoms with van der Waals surface area (Å²) >= 11 is 0. The van der Waals surface area contributed by atoms with E-state index in [9.17, 15) is 10.1 Å². The molecular formula is C21H19N7O2. The molecule has 0 aliphatic heterocycles. The number of rotatable bonds is 4. The smallest absolute Gasteiger partial charge is 0.261 e. The Morgan fingerprint density at radius 1 is 1.20 bits per heavy atom. The average molecular weight is 401 g/mol. The number of hydrogen-bond acceptors (Lipinski definition) is 7. The van der Waals surface area contributed by atoms with E-state index in [0.29, 0.717) is 17.0 Å². The minimum absolute atomic E-state index is 0.0378. The fraction of sp³-hybridized carbons (Fsp3) is 0.286. The van der Waals surface area contributed by atoms with E-state index in [0.717, 1.165) is 42.5 Å². The molecule has 1 aliphatic rings. The minimum Gasteiger partial charge on any atom is -0.342 e. The van der Waals surface area contributed by atoms with Crippen molar-refractivity contribution in [2.75, 3.05) is 5.32 Å². The molecule has 3 aromatic heterocycles. The van der Waals surface area contributed by atoms with E-state index in [1.54, 1.807) is 6.20 Å². The first-order valence-corrected chi connectivity index (χ1v) is 9.88. The van der Waals surface area contributed by atoms with E-state index >= 15 is 0 Å². The molecule has 4 aromatic rings. The molecule has 30 heavy (non-hydrogen) atoms. The fourth-order valence-corrected chi connectivity index (χ4v) is 4.13. The van der Waals surface area contributed by atoms with Crippen molar-refractivity contribution in [3.8, 4) is 17.5 Å². The molecule has 2 N–H and O–H groups in total. The molecule has 1 aromatic carbocycles. The molecule has 0 bridgehead atoms. The van der Waals surface area contributed by atoms with Gasteiger partial charge in [-0.05, 0) is 43.2 Å². The number of pyridine rings is 1. The summed E-state index contributed by atoms with van der Waals surface area (Å²) in [5.41, 5.74) is 2.12. The van der Waals surface area contributed by atoms with Crippen LogP contribution in [0.2, 0.25) is 0 Å². The molecule has 0 spiro atoms. The number of fused-ring (bicyclic) bond motifs is 1. The van der Waals surface area contributed by atoms with Crippen LogP contribution >= 0.6 is 0 Å². The lowest BCUT2D eigenvalue weighted by atomic mass is 9.85. The molecule has 1 fully saturated rings. The van der Waals surface area contributed by atoms with E-state index in [1.165, 1.54) is 6.39 Å². The van der Waals surface area contributed by atoms with Gasteiger partial charge in [-0.2, -0.15) is 15.3 Å². The van der Waals surface area contributed by atoms with Crippen LogP contribution in [0.15, 0.2) is 52.2 Å². The van der Waals surface area contributed by atoms with Crippen LogP contribution in [-0.4, -0.2) is 24.9 Å². The summed E-state index contributed by atoms with van der Waals surface area (Å²) in [5, 5.41) is 21.9. The second-order valence-corrected chi connectivity index (χ2v) is 7.40. The van der Waals surface area contributed by atoms with Gasteiger partial charge in [0.15, 0.2) is 5.82 Å². The van der Waals surface area contributed by atoms with Gasteiger partial charge < -0.3 is 14.8 Å². The fourth-order valence-electron chi connectivity index (χ4n) is 4.13. The van der Waals surface area contributed by atoms with Gasteiger partial charge in [0.1, 0.15) is 5.39 Å². The highest BCUT2D eigenvalue weighted by molar-refractivity contribution is 5.91. The molecule has 2 atom stereocenters. The van der Waals surface area contributed by atoms with Crippen molar-refractivity contribution >= 4 is 22.4 Å². The van der Waals surface area contributed by atoms with Crippen molar-refractivity contribution in [2.45, 2.75) is 31.7 Å². The van der Waals surface area contributed by atoms with Crippen molar-refractivity contribution < 1.29 is 4.52 Å². The number of benzene rings is 1. The highest BCUT2D eigenvalue weighted by atomic mass is 16.5. The van der Waals surface area contributed by atoms with Crippen LogP contribution in [0.25, 0.3) is 22.3 Å². The molecule has 1 saturated carbocycles. The Balaban J connectivity index is 1.53. The summed E-state index contributed by atoms with van der Waals surface area (Å²) in [6.45, 7) is 0. The lowest BCUT2D eigenvalue weighted by molar-refractivity contribution is 0.277. The maximum Gasteiger partial charge on any atom is 0.261 e. The van der Waals surface area contributed by atoms with Crippen LogP contribution in [0.1, 0.15) is 31.7 Å². The molecule has 0 amide bonds. The Bertz CT molecular complexity index is 1270. The Hall–Kier alpha value is -3.93. The maximum atomic E-state index is 12.6. The largest absolute Gasteiger partial charge is 0.342 e. The molecule has 5 rings (SSSR count). The van der Waals surface area contributed by atoms with E-state index in [4.69, 9.17) is 9.62 Å². The summed E-state index contributed by atoms with van der Waals surface area (Å²) in [6, 6.07) is 11.7. The van der Waals surface area contributed by atoms with Gasteiger partial charge in [-0.25, -0.2) is 0 Å². The number of nitrogens with one attached hydrogen (secondary N) is 2. The molecule has 9 nitrogen and oxygen atoms in total. The second-order valence-electron chi connectivity index (χ2n) is 7.40. The lowest BCUT2D eigenvalue weighted by Gasteiger charge is -2.27. The van der Waals surface area contributed by atoms with Crippen molar-refractivity contribution in [3.05, 3.63) is 53.3 Å². The predicted molar refractivity (Wildman–Crippen MR) is 110 cm³/mol. The monoisotopic (exact) mass is 401 g/mol. The molecule has 0 saturated heterocycles. The maximum absolute atomic E-state index is 12.6. The lowest BCUT2D eigenvalue weighted by Crippen LogP contribution is -2.23. The van der Waals surface area contributed by atoms with Gasteiger partial charge in [-0.15, -0.1) is 0 Å². The Morgan fingerprint density at radius 3 is 2.80 bits per heavy atom. The molecule has 150 valence electrons. The van der Waals surface area contributed by atoms with E-state index in [-0.39, 0.29) is 17.5 Å². The normalized spacial score (nSPS) is 18.9. The van der Waals surface area contributed by atoms with Crippen LogP contribution < -0.4 is 10.9 Å². The van der Waals surface area contributed by atoms with Crippen molar-refractivity contribution in [2.24, 2.45) is 5.92 Å². The van der Waals surface area contributed by atoms with Crippen molar-refractivity contribution in [1.82, 2.24) is 24.9 Å². The Labute approximate surface area is 171 Å². The second kappa shape index (κ2) is 7.48. The number of anilines is 2. The first-order valence-electron chi connectivity index (χ1n) is 9.88. The van der Waals surface area contributed by atoms with E-state index in [2.05, 4.69) is 26.5 Å². The summed E-state index contributed by atoms with van der Waals surface area (Å²) in [7, 11) is 0. The number of nitrogens with zero attached hydrogens (tertiary/aromatic N) is 5. The molecular weight excluding hydrogens is 382 g/mol. The number of aromatic amines is 1. The van der Waals surface area contributed by atoms with Crippen molar-refractivity contribution in [3.63, 3.8) is 0 Å². The third kappa shape index (κ3) is 3.12. The van der Waals surface area contributed by atoms with Gasteiger partial charge in [0, 0.05) is 17.4 Å². The molecule has 0 radical (unpaired) electrons. The molecule has 9 heteroatoms. The minimum atomic E-state index is -0.214. The topological polar surface area (TPSA) is 125 Å². The third-order valence-electron chi connectivity index (χ3n) is 5.61. The Kier molecular flexibility index (Phi) is 4.52. The van der Waals surface area contributed by atoms with Gasteiger partial charge in [-0.1, -0.05) is 18.0 Å². The van der Waals surface area contributed by atoms with Gasteiger partial charge in [0.2, 0.25) is 12.2 Å².